The first-order valence-corrected chi connectivity index (χ1v) is 12.3. The highest BCUT2D eigenvalue weighted by Crippen LogP contribution is 2.19. The van der Waals surface area contributed by atoms with Gasteiger partial charge in [-0.2, -0.15) is 0 Å². The second-order valence-corrected chi connectivity index (χ2v) is 9.02. The summed E-state index contributed by atoms with van der Waals surface area (Å²) < 4.78 is 34.2. The van der Waals surface area contributed by atoms with E-state index < -0.39 is 22.8 Å². The molecule has 0 amide bonds. The molecule has 1 aromatic rings. The zero-order valence-electron chi connectivity index (χ0n) is 22.4. The number of aliphatic imine (C=N–C) groups is 1. The number of rotatable bonds is 14. The smallest absolute Gasteiger partial charge is 0.261 e. The van der Waals surface area contributed by atoms with Crippen LogP contribution in [0.15, 0.2) is 92.5 Å². The number of allylic oxidation sites excluding steroid dienone is 7. The summed E-state index contributed by atoms with van der Waals surface area (Å²) in [6.45, 7) is 11.5. The van der Waals surface area contributed by atoms with Crippen LogP contribution in [0.3, 0.4) is 0 Å². The number of nitrogens with zero attached hydrogens (tertiary/aromatic N) is 2. The number of pyridine rings is 1. The third-order valence-corrected chi connectivity index (χ3v) is 5.46. The van der Waals surface area contributed by atoms with Crippen molar-refractivity contribution in [3.63, 3.8) is 0 Å². The minimum atomic E-state index is -1.32. The van der Waals surface area contributed by atoms with Crippen molar-refractivity contribution in [3.05, 3.63) is 98.6 Å². The van der Waals surface area contributed by atoms with Gasteiger partial charge in [0, 0.05) is 46.8 Å². The largest absolute Gasteiger partial charge is 0.493 e. The van der Waals surface area contributed by atoms with Crippen molar-refractivity contribution < 1.29 is 18.6 Å². The predicted molar refractivity (Wildman–Crippen MR) is 153 cm³/mol. The lowest BCUT2D eigenvalue weighted by Crippen LogP contribution is -2.31. The molecule has 0 bridgehead atoms. The van der Waals surface area contributed by atoms with Crippen LogP contribution in [0.1, 0.15) is 46.1 Å². The Kier molecular flexibility index (Phi) is 13.6. The second-order valence-electron chi connectivity index (χ2n) is 8.61. The van der Waals surface area contributed by atoms with Crippen molar-refractivity contribution in [1.82, 2.24) is 9.88 Å². The number of aromatic nitrogens is 1. The summed E-state index contributed by atoms with van der Waals surface area (Å²) in [6.07, 6.45) is 8.11. The van der Waals surface area contributed by atoms with Gasteiger partial charge in [-0.05, 0) is 58.2 Å². The van der Waals surface area contributed by atoms with Crippen LogP contribution >= 0.6 is 11.6 Å². The van der Waals surface area contributed by atoms with E-state index in [0.717, 1.165) is 11.9 Å². The summed E-state index contributed by atoms with van der Waals surface area (Å²) in [7, 11) is 1.62. The van der Waals surface area contributed by atoms with Crippen LogP contribution in [0.4, 0.5) is 8.78 Å². The zero-order valence-corrected chi connectivity index (χ0v) is 23.1. The quantitative estimate of drug-likeness (QED) is 0.123. The summed E-state index contributed by atoms with van der Waals surface area (Å²) in [6, 6.07) is 3.23. The van der Waals surface area contributed by atoms with Gasteiger partial charge in [-0.1, -0.05) is 25.3 Å². The molecule has 0 aliphatic heterocycles. The summed E-state index contributed by atoms with van der Waals surface area (Å²) in [5.74, 6) is -1.29. The van der Waals surface area contributed by atoms with Crippen LogP contribution in [0.25, 0.3) is 5.70 Å². The summed E-state index contributed by atoms with van der Waals surface area (Å²) in [4.78, 5) is 16.5. The topological polar surface area (TPSA) is 102 Å². The van der Waals surface area contributed by atoms with Gasteiger partial charge in [0.2, 0.25) is 0 Å². The number of nitrogens with two attached hydrogens (primary N) is 1. The van der Waals surface area contributed by atoms with E-state index in [2.05, 4.69) is 17.0 Å². The van der Waals surface area contributed by atoms with Crippen LogP contribution in [-0.4, -0.2) is 30.3 Å². The van der Waals surface area contributed by atoms with Gasteiger partial charge in [0.05, 0.1) is 24.1 Å². The van der Waals surface area contributed by atoms with Gasteiger partial charge in [0.15, 0.2) is 7.28 Å². The van der Waals surface area contributed by atoms with Crippen molar-refractivity contribution in [2.75, 3.05) is 6.61 Å². The molecule has 4 N–H and O–H groups in total. The van der Waals surface area contributed by atoms with E-state index in [4.69, 9.17) is 22.1 Å². The van der Waals surface area contributed by atoms with Crippen LogP contribution in [-0.2, 0) is 10.3 Å². The number of ether oxygens (including phenoxy) is 1. The van der Waals surface area contributed by atoms with E-state index in [1.165, 1.54) is 24.6 Å². The maximum atomic E-state index is 13.9. The first kappa shape index (κ1) is 32.7. The fourth-order valence-electron chi connectivity index (χ4n) is 3.18. The molecular formula is C27H35BClF2N4O3. The molecule has 0 saturated heterocycles. The Labute approximate surface area is 228 Å². The molecule has 1 heterocycles. The Hall–Kier alpha value is -3.37. The van der Waals surface area contributed by atoms with Crippen LogP contribution in [0, 0.1) is 0 Å². The van der Waals surface area contributed by atoms with E-state index in [9.17, 15) is 18.7 Å². The number of nitrogens with one attached hydrogen (secondary N) is 1. The second kappa shape index (κ2) is 15.8. The molecule has 38 heavy (non-hydrogen) atoms. The molecule has 0 aliphatic carbocycles. The summed E-state index contributed by atoms with van der Waals surface area (Å²) in [5, 5.41) is 13.5. The zero-order chi connectivity index (χ0) is 28.9. The fourth-order valence-corrected chi connectivity index (χ4v) is 3.29. The molecule has 0 saturated carbocycles. The average Bonchev–Trinajstić information content (AvgIpc) is 2.85. The SMILES string of the molecule is C=N/C=C(F)\C=C(\F)CCOC(/C=C(/C)N/C(=C/C(=C\N)n1cccc(C(C)(C)O)c1=O)CC)=C(\Cl)[B]C. The van der Waals surface area contributed by atoms with Gasteiger partial charge in [-0.25, -0.2) is 8.78 Å². The Morgan fingerprint density at radius 2 is 2.05 bits per heavy atom. The van der Waals surface area contributed by atoms with E-state index >= 15 is 0 Å². The average molecular weight is 548 g/mol. The van der Waals surface area contributed by atoms with E-state index in [0.29, 0.717) is 28.8 Å². The van der Waals surface area contributed by atoms with Crippen molar-refractivity contribution in [1.29, 1.82) is 0 Å². The van der Waals surface area contributed by atoms with Gasteiger partial charge < -0.3 is 20.9 Å². The Balaban J connectivity index is 3.15. The maximum absolute atomic E-state index is 13.9. The molecule has 1 radical (unpaired) electrons. The lowest BCUT2D eigenvalue weighted by molar-refractivity contribution is 0.0768. The molecule has 0 aliphatic rings. The fraction of sp³-hybridized carbons (Fsp3) is 0.333. The van der Waals surface area contributed by atoms with Crippen molar-refractivity contribution in [2.45, 2.75) is 53.0 Å². The Bertz CT molecular complexity index is 1230. The molecule has 0 atom stereocenters. The first-order valence-electron chi connectivity index (χ1n) is 11.9. The maximum Gasteiger partial charge on any atom is 0.261 e. The molecule has 11 heteroatoms. The predicted octanol–water partition coefficient (Wildman–Crippen LogP) is 5.55. The molecule has 0 fully saturated rings. The standard InChI is InChI=1S/C27H35BClF2N4O3/c1-7-21(15-22(16-32)35-11-8-9-23(26(35)36)27(3,4)37)34-18(2)13-24(25(29)28-5)38-12-10-19(30)14-20(31)17-33-6/h8-9,11,13-17,34,37H,6-7,10,12,32H2,1-5H3/b18-13-,19-14+,20-17+,21-15+,22-16+,25-24-. The first-order chi connectivity index (χ1) is 17.9. The Morgan fingerprint density at radius 3 is 2.61 bits per heavy atom. The molecule has 0 aromatic carbocycles. The van der Waals surface area contributed by atoms with Gasteiger partial charge in [-0.3, -0.25) is 14.4 Å². The van der Waals surface area contributed by atoms with Crippen LogP contribution in [0.2, 0.25) is 6.82 Å². The van der Waals surface area contributed by atoms with E-state index in [-0.39, 0.29) is 24.4 Å². The number of hydrogen-bond donors (Lipinski definition) is 3. The van der Waals surface area contributed by atoms with Crippen molar-refractivity contribution in [3.8, 4) is 0 Å². The highest BCUT2D eigenvalue weighted by molar-refractivity contribution is 6.63. The monoisotopic (exact) mass is 547 g/mol. The molecule has 1 rings (SSSR count). The molecule has 7 nitrogen and oxygen atoms in total. The van der Waals surface area contributed by atoms with Crippen molar-refractivity contribution in [2.24, 2.45) is 10.7 Å². The minimum absolute atomic E-state index is 0.0860. The number of aliphatic hydroxyl groups is 1. The lowest BCUT2D eigenvalue weighted by atomic mass is 9.81. The van der Waals surface area contributed by atoms with Gasteiger partial charge in [0.25, 0.3) is 5.56 Å². The van der Waals surface area contributed by atoms with Gasteiger partial charge in [0.1, 0.15) is 17.4 Å². The van der Waals surface area contributed by atoms with Crippen molar-refractivity contribution >= 4 is 31.3 Å². The van der Waals surface area contributed by atoms with Crippen LogP contribution < -0.4 is 16.6 Å². The molecule has 205 valence electrons. The third-order valence-electron chi connectivity index (χ3n) is 5.06. The minimum Gasteiger partial charge on any atom is -0.493 e. The Morgan fingerprint density at radius 1 is 1.37 bits per heavy atom. The normalized spacial score (nSPS) is 14.7. The molecular weight excluding hydrogens is 513 g/mol. The molecule has 0 spiro atoms. The lowest BCUT2D eigenvalue weighted by Gasteiger charge is -2.19. The van der Waals surface area contributed by atoms with Crippen LogP contribution in [0.5, 0.6) is 0 Å². The summed E-state index contributed by atoms with van der Waals surface area (Å²) in [5.41, 5.74) is 6.13. The van der Waals surface area contributed by atoms with E-state index in [1.807, 2.05) is 6.92 Å². The van der Waals surface area contributed by atoms with Gasteiger partial charge >= 0.3 is 0 Å². The molecule has 0 unspecified atom stereocenters. The highest BCUT2D eigenvalue weighted by atomic mass is 35.5. The highest BCUT2D eigenvalue weighted by Gasteiger charge is 2.21. The molecule has 1 aromatic heterocycles. The number of hydrogen-bond acceptors (Lipinski definition) is 6. The van der Waals surface area contributed by atoms with Gasteiger partial charge in [-0.15, -0.1) is 0 Å². The summed E-state index contributed by atoms with van der Waals surface area (Å²) >= 11 is 6.27. The van der Waals surface area contributed by atoms with E-state index in [1.54, 1.807) is 51.5 Å². The third kappa shape index (κ3) is 10.6. The number of halogens is 3.